The van der Waals surface area contributed by atoms with Crippen molar-refractivity contribution in [2.24, 2.45) is 0 Å². The second kappa shape index (κ2) is 7.30. The predicted molar refractivity (Wildman–Crippen MR) is 108 cm³/mol. The van der Waals surface area contributed by atoms with Crippen molar-refractivity contribution in [3.8, 4) is 5.75 Å². The van der Waals surface area contributed by atoms with E-state index in [1.54, 1.807) is 24.9 Å². The molecule has 0 atom stereocenters. The largest absolute Gasteiger partial charge is 0.491 e. The second-order valence-corrected chi connectivity index (χ2v) is 7.16. The van der Waals surface area contributed by atoms with Gasteiger partial charge in [-0.05, 0) is 44.2 Å². The Balaban J connectivity index is 1.52. The van der Waals surface area contributed by atoms with Crippen molar-refractivity contribution < 1.29 is 4.74 Å². The van der Waals surface area contributed by atoms with E-state index in [0.29, 0.717) is 28.8 Å². The lowest BCUT2D eigenvalue weighted by molar-refractivity contribution is 0.242. The molecule has 0 spiro atoms. The lowest BCUT2D eigenvalue weighted by Gasteiger charge is -2.40. The van der Waals surface area contributed by atoms with Crippen LogP contribution in [0.2, 0.25) is 0 Å². The monoisotopic (exact) mass is 377 g/mol. The Kier molecular flexibility index (Phi) is 4.68. The van der Waals surface area contributed by atoms with Crippen molar-refractivity contribution in [3.63, 3.8) is 0 Å². The number of ether oxygens (including phenoxy) is 1. The first-order valence-corrected chi connectivity index (χ1v) is 9.22. The topological polar surface area (TPSA) is 106 Å². The van der Waals surface area contributed by atoms with Crippen molar-refractivity contribution >= 4 is 17.2 Å². The molecule has 3 heterocycles. The molecule has 0 saturated carbocycles. The minimum atomic E-state index is 0.0586. The van der Waals surface area contributed by atoms with Crippen molar-refractivity contribution in [1.29, 1.82) is 5.41 Å². The first-order valence-electron chi connectivity index (χ1n) is 9.22. The van der Waals surface area contributed by atoms with E-state index in [-0.39, 0.29) is 6.10 Å². The molecule has 1 saturated heterocycles. The molecule has 1 aromatic carbocycles. The molecule has 0 amide bonds. The van der Waals surface area contributed by atoms with E-state index in [0.717, 1.165) is 24.5 Å². The Labute approximate surface area is 163 Å². The minimum Gasteiger partial charge on any atom is -0.491 e. The molecule has 0 aliphatic carbocycles. The second-order valence-electron chi connectivity index (χ2n) is 7.16. The Morgan fingerprint density at radius 3 is 2.64 bits per heavy atom. The highest BCUT2D eigenvalue weighted by Gasteiger charge is 2.29. The van der Waals surface area contributed by atoms with Crippen molar-refractivity contribution in [1.82, 2.24) is 19.7 Å². The van der Waals surface area contributed by atoms with Gasteiger partial charge in [0.25, 0.3) is 0 Å². The lowest BCUT2D eigenvalue weighted by atomic mass is 10.0. The van der Waals surface area contributed by atoms with Crippen molar-refractivity contribution in [2.45, 2.75) is 26.0 Å². The van der Waals surface area contributed by atoms with Crippen LogP contribution in [-0.2, 0) is 0 Å². The van der Waals surface area contributed by atoms with Gasteiger partial charge in [-0.3, -0.25) is 5.41 Å². The number of nitrogen functional groups attached to an aromatic ring is 1. The zero-order chi connectivity index (χ0) is 19.7. The molecule has 1 fully saturated rings. The summed E-state index contributed by atoms with van der Waals surface area (Å²) in [5.74, 6) is 1.55. The number of hydrogen-bond acceptors (Lipinski definition) is 7. The quantitative estimate of drug-likeness (QED) is 0.505. The number of pyridine rings is 1. The van der Waals surface area contributed by atoms with Crippen LogP contribution in [0.25, 0.3) is 0 Å². The van der Waals surface area contributed by atoms with Crippen LogP contribution in [0.3, 0.4) is 0 Å². The van der Waals surface area contributed by atoms with Gasteiger partial charge >= 0.3 is 0 Å². The van der Waals surface area contributed by atoms with Gasteiger partial charge in [-0.15, -0.1) is 10.2 Å². The summed E-state index contributed by atoms with van der Waals surface area (Å²) in [6, 6.07) is 9.54. The van der Waals surface area contributed by atoms with E-state index in [9.17, 15) is 0 Å². The molecule has 0 radical (unpaired) electrons. The fourth-order valence-corrected chi connectivity index (χ4v) is 3.23. The number of hydrogen-bond donors (Lipinski definition) is 2. The predicted octanol–water partition coefficient (Wildman–Crippen LogP) is 2.52. The molecule has 4 rings (SSSR count). The molecule has 0 bridgehead atoms. The highest BCUT2D eigenvalue weighted by atomic mass is 16.5. The molecule has 1 aliphatic rings. The standard InChI is InChI=1S/C20H23N7O/c1-13(2)28-16-3-4-18(21)17(8-16)20(22)14-5-6-23-19(7-14)26-9-15(10-26)27-11-24-25-12-27/h3-8,11-13,15,22H,9-10,21H2,1-2H3. The average Bonchev–Trinajstić information content (AvgIpc) is 3.15. The normalized spacial score (nSPS) is 14.2. The summed E-state index contributed by atoms with van der Waals surface area (Å²) >= 11 is 0. The van der Waals surface area contributed by atoms with Gasteiger partial charge < -0.3 is 19.9 Å². The Morgan fingerprint density at radius 2 is 1.93 bits per heavy atom. The Hall–Kier alpha value is -3.42. The summed E-state index contributed by atoms with van der Waals surface area (Å²) in [4.78, 5) is 6.64. The van der Waals surface area contributed by atoms with Gasteiger partial charge in [0.1, 0.15) is 24.2 Å². The van der Waals surface area contributed by atoms with Crippen LogP contribution in [0.5, 0.6) is 5.75 Å². The lowest BCUT2D eigenvalue weighted by Crippen LogP contribution is -2.48. The van der Waals surface area contributed by atoms with E-state index in [1.165, 1.54) is 0 Å². The molecule has 0 unspecified atom stereocenters. The van der Waals surface area contributed by atoms with Crippen LogP contribution in [0.4, 0.5) is 11.5 Å². The summed E-state index contributed by atoms with van der Waals surface area (Å²) in [6.45, 7) is 5.61. The first kappa shape index (κ1) is 18.0. The Bertz CT molecular complexity index is 978. The van der Waals surface area contributed by atoms with Gasteiger partial charge in [0.15, 0.2) is 0 Å². The maximum Gasteiger partial charge on any atom is 0.129 e. The number of aromatic nitrogens is 4. The van der Waals surface area contributed by atoms with Gasteiger partial charge in [-0.25, -0.2) is 4.98 Å². The number of nitrogens with zero attached hydrogens (tertiary/aromatic N) is 5. The third-order valence-corrected chi connectivity index (χ3v) is 4.74. The van der Waals surface area contributed by atoms with Crippen LogP contribution in [0, 0.1) is 5.41 Å². The van der Waals surface area contributed by atoms with Crippen molar-refractivity contribution in [2.75, 3.05) is 23.7 Å². The molecule has 3 N–H and O–H groups in total. The highest BCUT2D eigenvalue weighted by molar-refractivity contribution is 6.14. The number of rotatable bonds is 6. The molecular formula is C20H23N7O. The SMILES string of the molecule is CC(C)Oc1ccc(N)c(C(=N)c2ccnc(N3CC(n4cnnc4)C3)c2)c1. The van der Waals surface area contributed by atoms with E-state index in [4.69, 9.17) is 15.9 Å². The fourth-order valence-electron chi connectivity index (χ4n) is 3.23. The van der Waals surface area contributed by atoms with Gasteiger partial charge in [-0.1, -0.05) is 0 Å². The third kappa shape index (κ3) is 3.53. The number of anilines is 2. The summed E-state index contributed by atoms with van der Waals surface area (Å²) in [5.41, 5.74) is 8.46. The van der Waals surface area contributed by atoms with Gasteiger partial charge in [-0.2, -0.15) is 0 Å². The zero-order valence-corrected chi connectivity index (χ0v) is 15.9. The molecular weight excluding hydrogens is 354 g/mol. The third-order valence-electron chi connectivity index (χ3n) is 4.74. The molecule has 144 valence electrons. The zero-order valence-electron chi connectivity index (χ0n) is 15.9. The maximum absolute atomic E-state index is 8.65. The molecule has 8 nitrogen and oxygen atoms in total. The van der Waals surface area contributed by atoms with Crippen LogP contribution in [0.1, 0.15) is 31.0 Å². The summed E-state index contributed by atoms with van der Waals surface area (Å²) in [6.07, 6.45) is 5.26. The van der Waals surface area contributed by atoms with E-state index in [2.05, 4.69) is 20.1 Å². The van der Waals surface area contributed by atoms with Crippen molar-refractivity contribution in [3.05, 3.63) is 60.3 Å². The molecule has 8 heteroatoms. The number of benzene rings is 1. The van der Waals surface area contributed by atoms with Gasteiger partial charge in [0.2, 0.25) is 0 Å². The smallest absolute Gasteiger partial charge is 0.129 e. The van der Waals surface area contributed by atoms with E-state index in [1.807, 2.05) is 42.7 Å². The highest BCUT2D eigenvalue weighted by Crippen LogP contribution is 2.28. The van der Waals surface area contributed by atoms with Crippen LogP contribution in [0.15, 0.2) is 49.2 Å². The van der Waals surface area contributed by atoms with Crippen LogP contribution >= 0.6 is 0 Å². The maximum atomic E-state index is 8.65. The van der Waals surface area contributed by atoms with Gasteiger partial charge in [0, 0.05) is 36.1 Å². The summed E-state index contributed by atoms with van der Waals surface area (Å²) in [7, 11) is 0. The number of nitrogens with two attached hydrogens (primary N) is 1. The molecule has 3 aromatic rings. The molecule has 1 aliphatic heterocycles. The van der Waals surface area contributed by atoms with E-state index >= 15 is 0 Å². The van der Waals surface area contributed by atoms with Crippen LogP contribution < -0.4 is 15.4 Å². The summed E-state index contributed by atoms with van der Waals surface area (Å²) in [5, 5.41) is 16.4. The van der Waals surface area contributed by atoms with Crippen LogP contribution in [-0.4, -0.2) is 44.7 Å². The molecule has 28 heavy (non-hydrogen) atoms. The average molecular weight is 377 g/mol. The fraction of sp³-hybridized carbons (Fsp3) is 0.300. The van der Waals surface area contributed by atoms with Gasteiger partial charge in [0.05, 0.1) is 17.9 Å². The Morgan fingerprint density at radius 1 is 1.18 bits per heavy atom. The minimum absolute atomic E-state index is 0.0586. The number of nitrogens with one attached hydrogen (secondary N) is 1. The molecule has 2 aromatic heterocycles. The first-order chi connectivity index (χ1) is 13.5. The van der Waals surface area contributed by atoms with E-state index < -0.39 is 0 Å². The summed E-state index contributed by atoms with van der Waals surface area (Å²) < 4.78 is 7.75.